The van der Waals surface area contributed by atoms with E-state index in [0.29, 0.717) is 29.6 Å². The fourth-order valence-electron chi connectivity index (χ4n) is 3.67. The van der Waals surface area contributed by atoms with Crippen LogP contribution in [0.15, 0.2) is 60.9 Å². The van der Waals surface area contributed by atoms with Crippen molar-refractivity contribution in [1.29, 1.82) is 0 Å². The number of pyridine rings is 1. The highest BCUT2D eigenvalue weighted by Gasteiger charge is 2.27. The number of hydrogen-bond donors (Lipinski definition) is 0. The zero-order chi connectivity index (χ0) is 19.1. The lowest BCUT2D eigenvalue weighted by molar-refractivity contribution is 0.415. The number of hydrogen-bond acceptors (Lipinski definition) is 5. The highest BCUT2D eigenvalue weighted by Crippen LogP contribution is 2.40. The molecule has 6 heteroatoms. The van der Waals surface area contributed by atoms with Gasteiger partial charge in [0.05, 0.1) is 18.3 Å². The Hall–Kier alpha value is -3.54. The van der Waals surface area contributed by atoms with Crippen LogP contribution in [0.4, 0.5) is 15.9 Å². The van der Waals surface area contributed by atoms with Crippen molar-refractivity contribution in [2.45, 2.75) is 6.42 Å². The number of fused-ring (bicyclic) bond motifs is 2. The lowest BCUT2D eigenvalue weighted by Gasteiger charge is -2.21. The van der Waals surface area contributed by atoms with Crippen molar-refractivity contribution in [3.63, 3.8) is 0 Å². The molecule has 0 N–H and O–H groups in total. The third kappa shape index (κ3) is 2.65. The molecule has 28 heavy (non-hydrogen) atoms. The van der Waals surface area contributed by atoms with Gasteiger partial charge in [0.25, 0.3) is 0 Å². The topological polar surface area (TPSA) is 51.1 Å². The zero-order valence-corrected chi connectivity index (χ0v) is 15.3. The maximum Gasteiger partial charge on any atom is 0.163 e. The Bertz CT molecular complexity index is 1180. The first-order valence-corrected chi connectivity index (χ1v) is 9.06. The molecule has 0 saturated heterocycles. The Morgan fingerprint density at radius 3 is 2.82 bits per heavy atom. The summed E-state index contributed by atoms with van der Waals surface area (Å²) in [6.07, 6.45) is 4.21. The quantitative estimate of drug-likeness (QED) is 0.529. The first kappa shape index (κ1) is 16.6. The predicted molar refractivity (Wildman–Crippen MR) is 106 cm³/mol. The summed E-state index contributed by atoms with van der Waals surface area (Å²) in [7, 11) is 1.62. The van der Waals surface area contributed by atoms with Gasteiger partial charge in [-0.15, -0.1) is 0 Å². The molecule has 0 atom stereocenters. The molecule has 4 aromatic rings. The Morgan fingerprint density at radius 1 is 1.07 bits per heavy atom. The Kier molecular flexibility index (Phi) is 3.90. The van der Waals surface area contributed by atoms with Crippen LogP contribution in [0.2, 0.25) is 0 Å². The summed E-state index contributed by atoms with van der Waals surface area (Å²) in [4.78, 5) is 15.6. The molecule has 0 aliphatic carbocycles. The molecule has 138 valence electrons. The average molecular weight is 372 g/mol. The number of halogens is 1. The summed E-state index contributed by atoms with van der Waals surface area (Å²) in [5.74, 6) is 1.70. The SMILES string of the molecule is COc1ccc2nc(-c3cccnc3)nc(N3CCc4cccc(F)c43)c2c1. The maximum atomic E-state index is 14.7. The number of benzene rings is 2. The van der Waals surface area contributed by atoms with Crippen LogP contribution >= 0.6 is 0 Å². The minimum Gasteiger partial charge on any atom is -0.497 e. The summed E-state index contributed by atoms with van der Waals surface area (Å²) < 4.78 is 20.1. The highest BCUT2D eigenvalue weighted by molar-refractivity contribution is 5.94. The van der Waals surface area contributed by atoms with Gasteiger partial charge in [0.15, 0.2) is 5.82 Å². The molecule has 5 nitrogen and oxygen atoms in total. The second-order valence-electron chi connectivity index (χ2n) is 6.64. The van der Waals surface area contributed by atoms with Gasteiger partial charge in [-0.1, -0.05) is 12.1 Å². The first-order chi connectivity index (χ1) is 13.7. The van der Waals surface area contributed by atoms with Crippen LogP contribution in [0, 0.1) is 5.82 Å². The number of ether oxygens (including phenoxy) is 1. The molecular formula is C22H17FN4O. The van der Waals surface area contributed by atoms with Gasteiger partial charge in [-0.05, 0) is 48.4 Å². The molecule has 0 radical (unpaired) electrons. The van der Waals surface area contributed by atoms with E-state index in [2.05, 4.69) is 4.98 Å². The molecule has 0 fully saturated rings. The van der Waals surface area contributed by atoms with Crippen molar-refractivity contribution in [1.82, 2.24) is 15.0 Å². The van der Waals surface area contributed by atoms with Crippen LogP contribution in [0.3, 0.4) is 0 Å². The van der Waals surface area contributed by atoms with Gasteiger partial charge in [-0.2, -0.15) is 0 Å². The minimum atomic E-state index is -0.243. The Morgan fingerprint density at radius 2 is 2.00 bits per heavy atom. The fourth-order valence-corrected chi connectivity index (χ4v) is 3.67. The zero-order valence-electron chi connectivity index (χ0n) is 15.3. The summed E-state index contributed by atoms with van der Waals surface area (Å²) >= 11 is 0. The molecule has 0 unspecified atom stereocenters. The van der Waals surface area contributed by atoms with Crippen molar-refractivity contribution in [3.05, 3.63) is 72.3 Å². The van der Waals surface area contributed by atoms with Crippen LogP contribution in [0.1, 0.15) is 5.56 Å². The van der Waals surface area contributed by atoms with Gasteiger partial charge in [0.2, 0.25) is 0 Å². The number of aromatic nitrogens is 3. The van der Waals surface area contributed by atoms with Crippen LogP contribution < -0.4 is 9.64 Å². The molecule has 3 heterocycles. The van der Waals surface area contributed by atoms with Gasteiger partial charge in [0, 0.05) is 29.9 Å². The molecule has 2 aromatic heterocycles. The number of rotatable bonds is 3. The van der Waals surface area contributed by atoms with Gasteiger partial charge >= 0.3 is 0 Å². The first-order valence-electron chi connectivity index (χ1n) is 9.06. The molecule has 5 rings (SSSR count). The van der Waals surface area contributed by atoms with E-state index in [1.54, 1.807) is 25.6 Å². The van der Waals surface area contributed by atoms with E-state index >= 15 is 0 Å². The van der Waals surface area contributed by atoms with Crippen LogP contribution in [-0.4, -0.2) is 28.6 Å². The normalized spacial score (nSPS) is 13.0. The second-order valence-corrected chi connectivity index (χ2v) is 6.64. The summed E-state index contributed by atoms with van der Waals surface area (Å²) in [5, 5.41) is 0.822. The Balaban J connectivity index is 1.77. The lowest BCUT2D eigenvalue weighted by Crippen LogP contribution is -2.17. The van der Waals surface area contributed by atoms with Gasteiger partial charge in [-0.3, -0.25) is 4.98 Å². The average Bonchev–Trinajstić information content (AvgIpc) is 3.18. The van der Waals surface area contributed by atoms with E-state index in [4.69, 9.17) is 14.7 Å². The van der Waals surface area contributed by atoms with Crippen molar-refractivity contribution in [2.24, 2.45) is 0 Å². The fraction of sp³-hybridized carbons (Fsp3) is 0.136. The van der Waals surface area contributed by atoms with Crippen LogP contribution in [0.25, 0.3) is 22.3 Å². The molecule has 1 aliphatic rings. The van der Waals surface area contributed by atoms with E-state index in [1.165, 1.54) is 6.07 Å². The molecule has 0 saturated carbocycles. The second kappa shape index (κ2) is 6.56. The van der Waals surface area contributed by atoms with Crippen LogP contribution in [0.5, 0.6) is 5.75 Å². The van der Waals surface area contributed by atoms with Crippen molar-refractivity contribution >= 4 is 22.4 Å². The lowest BCUT2D eigenvalue weighted by atomic mass is 10.1. The van der Waals surface area contributed by atoms with Crippen molar-refractivity contribution < 1.29 is 9.13 Å². The Labute approximate surface area is 161 Å². The van der Waals surface area contributed by atoms with E-state index in [0.717, 1.165) is 28.5 Å². The molecule has 0 bridgehead atoms. The molecular weight excluding hydrogens is 355 g/mol. The third-order valence-corrected chi connectivity index (χ3v) is 5.00. The van der Waals surface area contributed by atoms with Gasteiger partial charge in [-0.25, -0.2) is 14.4 Å². The van der Waals surface area contributed by atoms with Crippen molar-refractivity contribution in [3.8, 4) is 17.1 Å². The summed E-state index contributed by atoms with van der Waals surface area (Å²) in [6.45, 7) is 0.659. The van der Waals surface area contributed by atoms with Gasteiger partial charge in [0.1, 0.15) is 17.4 Å². The van der Waals surface area contributed by atoms with Crippen LogP contribution in [-0.2, 0) is 6.42 Å². The van der Waals surface area contributed by atoms with E-state index in [1.807, 2.05) is 41.3 Å². The third-order valence-electron chi connectivity index (χ3n) is 5.00. The predicted octanol–water partition coefficient (Wildman–Crippen LogP) is 4.53. The summed E-state index contributed by atoms with van der Waals surface area (Å²) in [5.41, 5.74) is 3.16. The summed E-state index contributed by atoms with van der Waals surface area (Å²) in [6, 6.07) is 14.6. The number of para-hydroxylation sites is 1. The van der Waals surface area contributed by atoms with E-state index < -0.39 is 0 Å². The standard InChI is InChI=1S/C22H17FN4O/c1-28-16-7-8-19-17(12-16)22(26-21(25-19)15-5-3-10-24-13-15)27-11-9-14-4-2-6-18(23)20(14)27/h2-8,10,12-13H,9,11H2,1H3. The van der Waals surface area contributed by atoms with Crippen molar-refractivity contribution in [2.75, 3.05) is 18.6 Å². The molecule has 0 spiro atoms. The van der Waals surface area contributed by atoms with Gasteiger partial charge < -0.3 is 9.64 Å². The number of anilines is 2. The number of nitrogens with zero attached hydrogens (tertiary/aromatic N) is 4. The molecule has 0 amide bonds. The smallest absolute Gasteiger partial charge is 0.163 e. The molecule has 2 aromatic carbocycles. The highest BCUT2D eigenvalue weighted by atomic mass is 19.1. The number of methoxy groups -OCH3 is 1. The molecule has 1 aliphatic heterocycles. The maximum absolute atomic E-state index is 14.7. The van der Waals surface area contributed by atoms with E-state index in [9.17, 15) is 4.39 Å². The monoisotopic (exact) mass is 372 g/mol. The van der Waals surface area contributed by atoms with E-state index in [-0.39, 0.29) is 5.82 Å². The largest absolute Gasteiger partial charge is 0.497 e. The minimum absolute atomic E-state index is 0.243.